The molecule has 2 aliphatic carbocycles. The number of ether oxygens (including phenoxy) is 1. The number of hydrogen-bond acceptors (Lipinski definition) is 5. The van der Waals surface area contributed by atoms with Gasteiger partial charge in [-0.3, -0.25) is 9.59 Å². The molecule has 1 saturated carbocycles. The van der Waals surface area contributed by atoms with E-state index in [1.807, 2.05) is 12.2 Å². The van der Waals surface area contributed by atoms with Gasteiger partial charge in [-0.1, -0.05) is 24.3 Å². The van der Waals surface area contributed by atoms with E-state index in [0.717, 1.165) is 11.4 Å². The van der Waals surface area contributed by atoms with Gasteiger partial charge in [0.05, 0.1) is 18.1 Å². The quantitative estimate of drug-likeness (QED) is 0.493. The minimum atomic E-state index is -1.09. The van der Waals surface area contributed by atoms with Gasteiger partial charge in [-0.15, -0.1) is 0 Å². The first kappa shape index (κ1) is 16.5. The molecule has 5 atom stereocenters. The average molecular weight is 354 g/mol. The molecule has 26 heavy (non-hydrogen) atoms. The standard InChI is InChI=1S/C19H18N2O5/c1-10(19(24)25)26-14-5-3-2-4-13(14)9-20-21-17(22)15-11-6-7-12(8-11)16(15)18(21)23/h2-7,9-12,15-16H,8H2,1H3,(H,24,25). The van der Waals surface area contributed by atoms with Crippen LogP contribution in [-0.4, -0.2) is 40.2 Å². The third-order valence-corrected chi connectivity index (χ3v) is 5.33. The maximum absolute atomic E-state index is 12.6. The summed E-state index contributed by atoms with van der Waals surface area (Å²) in [5.74, 6) is -1.61. The Morgan fingerprint density at radius 3 is 2.46 bits per heavy atom. The maximum Gasteiger partial charge on any atom is 0.344 e. The van der Waals surface area contributed by atoms with Crippen LogP contribution >= 0.6 is 0 Å². The molecule has 1 N–H and O–H groups in total. The number of para-hydroxylation sites is 1. The zero-order valence-electron chi connectivity index (χ0n) is 14.1. The summed E-state index contributed by atoms with van der Waals surface area (Å²) in [5, 5.41) is 14.1. The molecule has 0 aromatic heterocycles. The zero-order valence-corrected chi connectivity index (χ0v) is 14.1. The number of carbonyl (C=O) groups is 3. The normalized spacial score (nSPS) is 30.3. The Bertz CT molecular complexity index is 816. The molecular weight excluding hydrogens is 336 g/mol. The van der Waals surface area contributed by atoms with E-state index >= 15 is 0 Å². The van der Waals surface area contributed by atoms with Gasteiger partial charge in [0.15, 0.2) is 6.10 Å². The SMILES string of the molecule is CC(Oc1ccccc1C=NN1C(=O)C2C3C=CC(C3)C2C1=O)C(=O)O. The third-order valence-electron chi connectivity index (χ3n) is 5.33. The lowest BCUT2D eigenvalue weighted by Gasteiger charge is -2.13. The summed E-state index contributed by atoms with van der Waals surface area (Å²) in [4.78, 5) is 36.2. The highest BCUT2D eigenvalue weighted by Crippen LogP contribution is 2.52. The number of rotatable bonds is 5. The van der Waals surface area contributed by atoms with Crippen molar-refractivity contribution in [3.05, 3.63) is 42.0 Å². The van der Waals surface area contributed by atoms with Gasteiger partial charge in [0, 0.05) is 5.56 Å². The van der Waals surface area contributed by atoms with Gasteiger partial charge in [-0.2, -0.15) is 10.1 Å². The van der Waals surface area contributed by atoms with Crippen molar-refractivity contribution in [2.45, 2.75) is 19.4 Å². The number of hydrazone groups is 1. The molecule has 5 unspecified atom stereocenters. The number of amides is 2. The van der Waals surface area contributed by atoms with Gasteiger partial charge in [0.1, 0.15) is 5.75 Å². The number of allylic oxidation sites excluding steroid dienone is 2. The Kier molecular flexibility index (Phi) is 3.86. The summed E-state index contributed by atoms with van der Waals surface area (Å²) in [5.41, 5.74) is 0.499. The van der Waals surface area contributed by atoms with E-state index in [1.54, 1.807) is 24.3 Å². The topological polar surface area (TPSA) is 96.3 Å². The minimum Gasteiger partial charge on any atom is -0.479 e. The fourth-order valence-corrected chi connectivity index (χ4v) is 4.06. The summed E-state index contributed by atoms with van der Waals surface area (Å²) in [6.07, 6.45) is 5.27. The molecule has 4 rings (SSSR count). The van der Waals surface area contributed by atoms with Crippen LogP contribution in [0.1, 0.15) is 18.9 Å². The Hall–Kier alpha value is -2.96. The van der Waals surface area contributed by atoms with Crippen LogP contribution in [0.5, 0.6) is 5.75 Å². The molecule has 2 fully saturated rings. The van der Waals surface area contributed by atoms with E-state index in [-0.39, 0.29) is 35.5 Å². The van der Waals surface area contributed by atoms with Crippen molar-refractivity contribution >= 4 is 24.0 Å². The number of nitrogens with zero attached hydrogens (tertiary/aromatic N) is 2. The molecule has 0 spiro atoms. The predicted octanol–water partition coefficient (Wildman–Crippen LogP) is 1.68. The molecule has 2 bridgehead atoms. The summed E-state index contributed by atoms with van der Waals surface area (Å²) < 4.78 is 5.41. The van der Waals surface area contributed by atoms with Crippen LogP contribution in [0.3, 0.4) is 0 Å². The molecular formula is C19H18N2O5. The fourth-order valence-electron chi connectivity index (χ4n) is 4.06. The number of hydrogen-bond donors (Lipinski definition) is 1. The molecule has 134 valence electrons. The highest BCUT2D eigenvalue weighted by molar-refractivity contribution is 6.06. The second kappa shape index (κ2) is 6.09. The molecule has 2 amide bonds. The lowest BCUT2D eigenvalue weighted by Crippen LogP contribution is -2.28. The van der Waals surface area contributed by atoms with Crippen molar-refractivity contribution in [2.24, 2.45) is 28.8 Å². The van der Waals surface area contributed by atoms with E-state index in [0.29, 0.717) is 11.3 Å². The smallest absolute Gasteiger partial charge is 0.344 e. The number of fused-ring (bicyclic) bond motifs is 5. The van der Waals surface area contributed by atoms with Gasteiger partial charge in [-0.05, 0) is 37.3 Å². The van der Waals surface area contributed by atoms with Crippen LogP contribution in [0.2, 0.25) is 0 Å². The number of carboxylic acids is 1. The summed E-state index contributed by atoms with van der Waals surface area (Å²) in [7, 11) is 0. The first-order valence-corrected chi connectivity index (χ1v) is 8.56. The van der Waals surface area contributed by atoms with Crippen LogP contribution in [0.15, 0.2) is 41.5 Å². The number of benzene rings is 1. The molecule has 1 aliphatic heterocycles. The molecule has 3 aliphatic rings. The van der Waals surface area contributed by atoms with Crippen molar-refractivity contribution in [2.75, 3.05) is 0 Å². The maximum atomic E-state index is 12.6. The Morgan fingerprint density at radius 1 is 1.23 bits per heavy atom. The predicted molar refractivity (Wildman–Crippen MR) is 91.3 cm³/mol. The highest BCUT2D eigenvalue weighted by Gasteiger charge is 2.59. The monoisotopic (exact) mass is 354 g/mol. The number of carboxylic acid groups (broad SMARTS) is 1. The summed E-state index contributed by atoms with van der Waals surface area (Å²) >= 11 is 0. The lowest BCUT2D eigenvalue weighted by molar-refractivity contribution is -0.144. The molecule has 0 radical (unpaired) electrons. The Morgan fingerprint density at radius 2 is 1.85 bits per heavy atom. The first-order chi connectivity index (χ1) is 12.5. The zero-order chi connectivity index (χ0) is 18.4. The summed E-state index contributed by atoms with van der Waals surface area (Å²) in [6.45, 7) is 1.42. The van der Waals surface area contributed by atoms with E-state index in [1.165, 1.54) is 13.1 Å². The molecule has 1 aromatic carbocycles. The van der Waals surface area contributed by atoms with Crippen molar-refractivity contribution in [3.8, 4) is 5.75 Å². The average Bonchev–Trinajstić information content (AvgIpc) is 3.29. The van der Waals surface area contributed by atoms with E-state index in [9.17, 15) is 14.4 Å². The van der Waals surface area contributed by atoms with E-state index in [2.05, 4.69) is 5.10 Å². The number of aliphatic carboxylic acids is 1. The fraction of sp³-hybridized carbons (Fsp3) is 0.368. The van der Waals surface area contributed by atoms with Gasteiger partial charge in [0.2, 0.25) is 0 Å². The van der Waals surface area contributed by atoms with Crippen LogP contribution in [0.4, 0.5) is 0 Å². The molecule has 1 aromatic rings. The van der Waals surface area contributed by atoms with E-state index in [4.69, 9.17) is 9.84 Å². The van der Waals surface area contributed by atoms with Crippen LogP contribution in [-0.2, 0) is 14.4 Å². The second-order valence-corrected chi connectivity index (χ2v) is 6.87. The molecule has 1 saturated heterocycles. The third kappa shape index (κ3) is 2.51. The molecule has 7 nitrogen and oxygen atoms in total. The lowest BCUT2D eigenvalue weighted by atomic mass is 9.85. The van der Waals surface area contributed by atoms with Crippen molar-refractivity contribution < 1.29 is 24.2 Å². The van der Waals surface area contributed by atoms with E-state index < -0.39 is 12.1 Å². The largest absolute Gasteiger partial charge is 0.479 e. The van der Waals surface area contributed by atoms with Gasteiger partial charge >= 0.3 is 5.97 Å². The van der Waals surface area contributed by atoms with Gasteiger partial charge in [-0.25, -0.2) is 4.79 Å². The van der Waals surface area contributed by atoms with Crippen molar-refractivity contribution in [1.82, 2.24) is 5.01 Å². The highest BCUT2D eigenvalue weighted by atomic mass is 16.5. The number of imide groups is 1. The van der Waals surface area contributed by atoms with Crippen LogP contribution in [0.25, 0.3) is 0 Å². The molecule has 1 heterocycles. The summed E-state index contributed by atoms with van der Waals surface area (Å²) in [6, 6.07) is 6.76. The van der Waals surface area contributed by atoms with Gasteiger partial charge < -0.3 is 9.84 Å². The van der Waals surface area contributed by atoms with Crippen molar-refractivity contribution in [1.29, 1.82) is 0 Å². The van der Waals surface area contributed by atoms with Crippen LogP contribution < -0.4 is 4.74 Å². The second-order valence-electron chi connectivity index (χ2n) is 6.87. The number of carbonyl (C=O) groups excluding carboxylic acids is 2. The van der Waals surface area contributed by atoms with Crippen LogP contribution in [0, 0.1) is 23.7 Å². The van der Waals surface area contributed by atoms with Gasteiger partial charge in [0.25, 0.3) is 11.8 Å². The minimum absolute atomic E-state index is 0.133. The first-order valence-electron chi connectivity index (χ1n) is 8.56. The Balaban J connectivity index is 1.55. The Labute approximate surface area is 149 Å². The van der Waals surface area contributed by atoms with Crippen molar-refractivity contribution in [3.63, 3.8) is 0 Å². The molecule has 7 heteroatoms.